The molecule has 3 heterocycles. The van der Waals surface area contributed by atoms with Gasteiger partial charge in [-0.2, -0.15) is 4.98 Å². The van der Waals surface area contributed by atoms with Crippen molar-refractivity contribution < 1.29 is 14.4 Å². The number of carbonyl (C=O) groups excluding carboxylic acids is 1. The number of aliphatic hydroxyl groups excluding tert-OH is 1. The maximum atomic E-state index is 11.9. The van der Waals surface area contributed by atoms with E-state index in [1.165, 1.54) is 0 Å². The van der Waals surface area contributed by atoms with E-state index in [9.17, 15) is 4.79 Å². The molecule has 0 aliphatic carbocycles. The second kappa shape index (κ2) is 6.34. The molecule has 2 aliphatic heterocycles. The fourth-order valence-corrected chi connectivity index (χ4v) is 3.62. The molecule has 7 nitrogen and oxygen atoms in total. The van der Waals surface area contributed by atoms with Gasteiger partial charge in [-0.1, -0.05) is 5.16 Å². The molecule has 3 rings (SSSR count). The number of nitrogens with zero attached hydrogens (tertiary/aromatic N) is 4. The lowest BCUT2D eigenvalue weighted by Gasteiger charge is -2.47. The van der Waals surface area contributed by atoms with Gasteiger partial charge in [0.1, 0.15) is 0 Å². The summed E-state index contributed by atoms with van der Waals surface area (Å²) >= 11 is 0. The monoisotopic (exact) mass is 308 g/mol. The molecule has 0 atom stereocenters. The molecular formula is C15H24N4O3. The van der Waals surface area contributed by atoms with Gasteiger partial charge in [0.15, 0.2) is 5.82 Å². The summed E-state index contributed by atoms with van der Waals surface area (Å²) in [5.41, 5.74) is 0.227. The zero-order valence-electron chi connectivity index (χ0n) is 13.1. The van der Waals surface area contributed by atoms with E-state index in [0.29, 0.717) is 31.2 Å². The van der Waals surface area contributed by atoms with Gasteiger partial charge in [-0.15, -0.1) is 0 Å². The first kappa shape index (κ1) is 15.4. The zero-order chi connectivity index (χ0) is 15.6. The van der Waals surface area contributed by atoms with Gasteiger partial charge in [0.25, 0.3) is 0 Å². The minimum absolute atomic E-state index is 0.0461. The van der Waals surface area contributed by atoms with Crippen molar-refractivity contribution in [2.24, 2.45) is 5.41 Å². The Balaban J connectivity index is 1.55. The Labute approximate surface area is 130 Å². The summed E-state index contributed by atoms with van der Waals surface area (Å²) in [4.78, 5) is 20.3. The Morgan fingerprint density at radius 1 is 1.32 bits per heavy atom. The molecule has 0 radical (unpaired) electrons. The Morgan fingerprint density at radius 3 is 2.73 bits per heavy atom. The van der Waals surface area contributed by atoms with Crippen LogP contribution < -0.4 is 0 Å². The average molecular weight is 308 g/mol. The van der Waals surface area contributed by atoms with Crippen LogP contribution in [0.3, 0.4) is 0 Å². The quantitative estimate of drug-likeness (QED) is 0.876. The van der Waals surface area contributed by atoms with Crippen LogP contribution in [0.5, 0.6) is 0 Å². The molecule has 122 valence electrons. The largest absolute Gasteiger partial charge is 0.395 e. The topological polar surface area (TPSA) is 82.7 Å². The first-order valence-corrected chi connectivity index (χ1v) is 8.00. The van der Waals surface area contributed by atoms with Crippen LogP contribution in [0.4, 0.5) is 0 Å². The molecule has 1 aromatic rings. The highest BCUT2D eigenvalue weighted by molar-refractivity contribution is 5.77. The van der Waals surface area contributed by atoms with Crippen LogP contribution in [-0.4, -0.2) is 63.7 Å². The lowest BCUT2D eigenvalue weighted by atomic mass is 9.72. The molecular weight excluding hydrogens is 284 g/mol. The summed E-state index contributed by atoms with van der Waals surface area (Å²) in [6, 6.07) is 0. The second-order valence-corrected chi connectivity index (χ2v) is 6.55. The Kier molecular flexibility index (Phi) is 4.44. The molecule has 2 fully saturated rings. The van der Waals surface area contributed by atoms with E-state index in [1.54, 1.807) is 0 Å². The van der Waals surface area contributed by atoms with Crippen molar-refractivity contribution in [2.45, 2.75) is 39.2 Å². The highest BCUT2D eigenvalue weighted by Gasteiger charge is 2.40. The third kappa shape index (κ3) is 3.30. The molecule has 7 heteroatoms. The summed E-state index contributed by atoms with van der Waals surface area (Å²) in [7, 11) is 0. The van der Waals surface area contributed by atoms with Crippen molar-refractivity contribution in [3.63, 3.8) is 0 Å². The van der Waals surface area contributed by atoms with Crippen molar-refractivity contribution in [3.05, 3.63) is 11.7 Å². The van der Waals surface area contributed by atoms with Gasteiger partial charge in [-0.3, -0.25) is 9.69 Å². The first-order valence-electron chi connectivity index (χ1n) is 8.00. The molecule has 0 saturated carbocycles. The summed E-state index contributed by atoms with van der Waals surface area (Å²) in [5.74, 6) is 1.53. The van der Waals surface area contributed by atoms with Crippen LogP contribution in [-0.2, 0) is 11.3 Å². The number of hydrogen-bond donors (Lipinski definition) is 1. The van der Waals surface area contributed by atoms with E-state index in [0.717, 1.165) is 38.9 Å². The number of carbonyl (C=O) groups is 1. The number of aliphatic hydroxyl groups is 1. The maximum absolute atomic E-state index is 11.9. The number of aromatic nitrogens is 2. The highest BCUT2D eigenvalue weighted by atomic mass is 16.5. The molecule has 1 amide bonds. The molecule has 2 aliphatic rings. The van der Waals surface area contributed by atoms with Crippen LogP contribution in [0, 0.1) is 12.3 Å². The molecule has 22 heavy (non-hydrogen) atoms. The standard InChI is InChI=1S/C15H24N4O3/c1-12-16-13(22-17-12)10-18-6-4-15(5-7-18)3-2-14(21)19(11-15)8-9-20/h20H,2-11H2,1H3. The molecule has 1 N–H and O–H groups in total. The van der Waals surface area contributed by atoms with E-state index in [2.05, 4.69) is 15.0 Å². The smallest absolute Gasteiger partial charge is 0.240 e. The van der Waals surface area contributed by atoms with Gasteiger partial charge >= 0.3 is 0 Å². The van der Waals surface area contributed by atoms with Crippen LogP contribution in [0.15, 0.2) is 4.52 Å². The van der Waals surface area contributed by atoms with Gasteiger partial charge < -0.3 is 14.5 Å². The van der Waals surface area contributed by atoms with Crippen LogP contribution >= 0.6 is 0 Å². The number of amides is 1. The summed E-state index contributed by atoms with van der Waals surface area (Å²) in [6.07, 6.45) is 3.74. The Morgan fingerprint density at radius 2 is 2.09 bits per heavy atom. The van der Waals surface area contributed by atoms with E-state index in [4.69, 9.17) is 9.63 Å². The minimum Gasteiger partial charge on any atom is -0.395 e. The fourth-order valence-electron chi connectivity index (χ4n) is 3.62. The van der Waals surface area contributed by atoms with Crippen LogP contribution in [0.1, 0.15) is 37.4 Å². The number of hydrogen-bond acceptors (Lipinski definition) is 6. The zero-order valence-corrected chi connectivity index (χ0v) is 13.1. The lowest BCUT2D eigenvalue weighted by molar-refractivity contribution is -0.139. The van der Waals surface area contributed by atoms with E-state index >= 15 is 0 Å². The van der Waals surface area contributed by atoms with Gasteiger partial charge in [0.05, 0.1) is 13.2 Å². The predicted octanol–water partition coefficient (Wildman–Crippen LogP) is 0.575. The summed E-state index contributed by atoms with van der Waals surface area (Å²) in [5, 5.41) is 12.9. The number of likely N-dealkylation sites (tertiary alicyclic amines) is 2. The van der Waals surface area contributed by atoms with Gasteiger partial charge in [-0.25, -0.2) is 0 Å². The molecule has 1 spiro atoms. The molecule has 0 unspecified atom stereocenters. The van der Waals surface area contributed by atoms with Crippen molar-refractivity contribution >= 4 is 5.91 Å². The van der Waals surface area contributed by atoms with Crippen molar-refractivity contribution in [1.29, 1.82) is 0 Å². The third-order valence-corrected chi connectivity index (χ3v) is 4.96. The maximum Gasteiger partial charge on any atom is 0.240 e. The summed E-state index contributed by atoms with van der Waals surface area (Å²) in [6.45, 7) is 5.81. The molecule has 0 aromatic carbocycles. The summed E-state index contributed by atoms with van der Waals surface area (Å²) < 4.78 is 5.18. The highest BCUT2D eigenvalue weighted by Crippen LogP contribution is 2.40. The Hall–Kier alpha value is -1.47. The van der Waals surface area contributed by atoms with Crippen LogP contribution in [0.2, 0.25) is 0 Å². The van der Waals surface area contributed by atoms with E-state index in [1.807, 2.05) is 11.8 Å². The van der Waals surface area contributed by atoms with E-state index < -0.39 is 0 Å². The number of rotatable bonds is 4. The average Bonchev–Trinajstić information content (AvgIpc) is 2.91. The molecule has 0 bridgehead atoms. The third-order valence-electron chi connectivity index (χ3n) is 4.96. The van der Waals surface area contributed by atoms with Crippen molar-refractivity contribution in [2.75, 3.05) is 32.8 Å². The molecule has 2 saturated heterocycles. The van der Waals surface area contributed by atoms with Crippen LogP contribution in [0.25, 0.3) is 0 Å². The number of β-amino-alcohol motifs (C(OH)–C–C–N with tert-alkyl or cyclic N) is 1. The van der Waals surface area contributed by atoms with E-state index in [-0.39, 0.29) is 17.9 Å². The first-order chi connectivity index (χ1) is 10.6. The minimum atomic E-state index is 0.0461. The fraction of sp³-hybridized carbons (Fsp3) is 0.800. The van der Waals surface area contributed by atoms with Crippen molar-refractivity contribution in [3.8, 4) is 0 Å². The number of piperidine rings is 2. The van der Waals surface area contributed by atoms with Gasteiger partial charge in [-0.05, 0) is 44.7 Å². The van der Waals surface area contributed by atoms with Gasteiger partial charge in [0, 0.05) is 19.5 Å². The Bertz CT molecular complexity index is 523. The van der Waals surface area contributed by atoms with Crippen molar-refractivity contribution in [1.82, 2.24) is 19.9 Å². The van der Waals surface area contributed by atoms with Gasteiger partial charge in [0.2, 0.25) is 11.8 Å². The second-order valence-electron chi connectivity index (χ2n) is 6.55. The SMILES string of the molecule is Cc1noc(CN2CCC3(CCC(=O)N(CCO)C3)CC2)n1. The lowest BCUT2D eigenvalue weighted by Crippen LogP contribution is -2.51. The molecule has 1 aromatic heterocycles. The predicted molar refractivity (Wildman–Crippen MR) is 78.9 cm³/mol. The number of aryl methyl sites for hydroxylation is 1. The normalized spacial score (nSPS) is 22.5.